The van der Waals surface area contributed by atoms with Crippen molar-refractivity contribution in [1.29, 1.82) is 5.26 Å². The maximum atomic E-state index is 11.6. The number of nitrogens with zero attached hydrogens (tertiary/aromatic N) is 3. The first-order valence-electron chi connectivity index (χ1n) is 7.88. The second kappa shape index (κ2) is 6.72. The minimum absolute atomic E-state index is 0.0210. The Kier molecular flexibility index (Phi) is 4.61. The molecule has 134 valence electrons. The molecule has 9 heteroatoms. The maximum absolute atomic E-state index is 11.6. The van der Waals surface area contributed by atoms with Crippen molar-refractivity contribution >= 4 is 15.8 Å². The first-order chi connectivity index (χ1) is 12.3. The number of aromatic nitrogens is 1. The summed E-state index contributed by atoms with van der Waals surface area (Å²) in [5, 5.41) is 20.4. The van der Waals surface area contributed by atoms with Crippen molar-refractivity contribution in [2.24, 2.45) is 0 Å². The molecule has 3 rings (SSSR count). The molecule has 1 aromatic heterocycles. The molecular weight excluding hydrogens is 358 g/mol. The molecule has 0 radical (unpaired) electrons. The van der Waals surface area contributed by atoms with E-state index in [2.05, 4.69) is 4.98 Å². The van der Waals surface area contributed by atoms with Crippen molar-refractivity contribution in [1.82, 2.24) is 4.98 Å². The van der Waals surface area contributed by atoms with E-state index in [1.54, 1.807) is 6.07 Å². The van der Waals surface area contributed by atoms with Crippen LogP contribution < -0.4 is 4.18 Å². The highest BCUT2D eigenvalue weighted by molar-refractivity contribution is 7.86. The third-order valence-electron chi connectivity index (χ3n) is 4.26. The van der Waals surface area contributed by atoms with Gasteiger partial charge in [0.15, 0.2) is 0 Å². The van der Waals surface area contributed by atoms with E-state index in [9.17, 15) is 23.8 Å². The lowest BCUT2D eigenvalue weighted by Crippen LogP contribution is -2.14. The Morgan fingerprint density at radius 1 is 1.31 bits per heavy atom. The molecule has 1 aliphatic rings. The van der Waals surface area contributed by atoms with Crippen LogP contribution in [0.2, 0.25) is 0 Å². The van der Waals surface area contributed by atoms with Gasteiger partial charge in [-0.3, -0.25) is 10.1 Å². The normalized spacial score (nSPS) is 14.3. The van der Waals surface area contributed by atoms with Gasteiger partial charge in [-0.25, -0.2) is 4.98 Å². The number of rotatable bonds is 5. The number of hydrogen-bond acceptors (Lipinski definition) is 7. The zero-order valence-electron chi connectivity index (χ0n) is 13.9. The molecule has 0 atom stereocenters. The molecule has 0 unspecified atom stereocenters. The molecule has 0 N–H and O–H groups in total. The van der Waals surface area contributed by atoms with Gasteiger partial charge in [-0.15, -0.1) is 0 Å². The minimum Gasteiger partial charge on any atom is -0.360 e. The van der Waals surface area contributed by atoms with Gasteiger partial charge in [-0.2, -0.15) is 13.7 Å². The Hall–Kier alpha value is -2.99. The van der Waals surface area contributed by atoms with Crippen molar-refractivity contribution < 1.29 is 17.5 Å². The summed E-state index contributed by atoms with van der Waals surface area (Å²) in [5.74, 6) is -0.0748. The van der Waals surface area contributed by atoms with Crippen molar-refractivity contribution in [3.05, 3.63) is 51.7 Å². The van der Waals surface area contributed by atoms with Crippen molar-refractivity contribution in [3.8, 4) is 23.1 Å². The molecule has 26 heavy (non-hydrogen) atoms. The molecular formula is C17H15N3O5S. The van der Waals surface area contributed by atoms with E-state index in [0.717, 1.165) is 25.5 Å². The van der Waals surface area contributed by atoms with Gasteiger partial charge in [0.2, 0.25) is 0 Å². The largest absolute Gasteiger partial charge is 0.360 e. The lowest BCUT2D eigenvalue weighted by molar-refractivity contribution is -0.384. The number of nitro groups is 1. The van der Waals surface area contributed by atoms with Crippen LogP contribution in [0.4, 0.5) is 5.69 Å². The van der Waals surface area contributed by atoms with Gasteiger partial charge < -0.3 is 4.18 Å². The maximum Gasteiger partial charge on any atom is 0.307 e. The number of nitro benzene ring substituents is 1. The fraction of sp³-hybridized carbons (Fsp3) is 0.294. The molecule has 2 aromatic rings. The lowest BCUT2D eigenvalue weighted by atomic mass is 9.81. The summed E-state index contributed by atoms with van der Waals surface area (Å²) in [6, 6.07) is 9.37. The van der Waals surface area contributed by atoms with Crippen LogP contribution in [0.3, 0.4) is 0 Å². The Balaban J connectivity index is 2.16. The Morgan fingerprint density at radius 2 is 1.96 bits per heavy atom. The molecule has 1 saturated carbocycles. The topological polar surface area (TPSA) is 123 Å². The third-order valence-corrected chi connectivity index (χ3v) is 4.72. The first kappa shape index (κ1) is 17.8. The second-order valence-electron chi connectivity index (χ2n) is 6.11. The van der Waals surface area contributed by atoms with E-state index >= 15 is 0 Å². The highest BCUT2D eigenvalue weighted by atomic mass is 32.2. The fourth-order valence-electron chi connectivity index (χ4n) is 2.76. The Labute approximate surface area is 150 Å². The highest BCUT2D eigenvalue weighted by Gasteiger charge is 2.26. The van der Waals surface area contributed by atoms with E-state index in [1.807, 2.05) is 6.07 Å². The molecule has 0 bridgehead atoms. The smallest absolute Gasteiger partial charge is 0.307 e. The molecule has 0 aliphatic heterocycles. The number of non-ortho nitro benzene ring substituents is 1. The SMILES string of the molecule is CS(=O)(=O)Oc1nc(C2CCC2)cc(-c2ccc([N+](=O)[O-])cc2)c1C#N. The van der Waals surface area contributed by atoms with Crippen LogP contribution in [-0.2, 0) is 10.1 Å². The van der Waals surface area contributed by atoms with Crippen LogP contribution in [0.25, 0.3) is 11.1 Å². The van der Waals surface area contributed by atoms with Crippen LogP contribution in [0.15, 0.2) is 30.3 Å². The molecule has 0 spiro atoms. The average Bonchev–Trinajstić information content (AvgIpc) is 2.51. The second-order valence-corrected chi connectivity index (χ2v) is 7.68. The van der Waals surface area contributed by atoms with Crippen LogP contribution >= 0.6 is 0 Å². The molecule has 1 heterocycles. The molecule has 1 aliphatic carbocycles. The fourth-order valence-corrected chi connectivity index (χ4v) is 3.16. The monoisotopic (exact) mass is 373 g/mol. The molecule has 1 fully saturated rings. The van der Waals surface area contributed by atoms with Crippen molar-refractivity contribution in [3.63, 3.8) is 0 Å². The average molecular weight is 373 g/mol. The van der Waals surface area contributed by atoms with E-state index in [1.165, 1.54) is 24.3 Å². The van der Waals surface area contributed by atoms with Crippen molar-refractivity contribution in [2.45, 2.75) is 25.2 Å². The molecule has 0 amide bonds. The van der Waals surface area contributed by atoms with Gasteiger partial charge in [-0.05, 0) is 36.6 Å². The summed E-state index contributed by atoms with van der Waals surface area (Å²) in [5.41, 5.74) is 1.55. The Bertz CT molecular complexity index is 1010. The first-order valence-corrected chi connectivity index (χ1v) is 9.69. The quantitative estimate of drug-likeness (QED) is 0.448. The lowest BCUT2D eigenvalue weighted by Gasteiger charge is -2.26. The Morgan fingerprint density at radius 3 is 2.42 bits per heavy atom. The van der Waals surface area contributed by atoms with Crippen LogP contribution in [0, 0.1) is 21.4 Å². The number of pyridine rings is 1. The minimum atomic E-state index is -3.86. The zero-order valence-corrected chi connectivity index (χ0v) is 14.7. The number of benzene rings is 1. The van der Waals surface area contributed by atoms with E-state index in [0.29, 0.717) is 16.8 Å². The third kappa shape index (κ3) is 3.65. The summed E-state index contributed by atoms with van der Waals surface area (Å²) >= 11 is 0. The van der Waals surface area contributed by atoms with Crippen LogP contribution in [0.5, 0.6) is 5.88 Å². The van der Waals surface area contributed by atoms with Crippen LogP contribution in [0.1, 0.15) is 36.4 Å². The van der Waals surface area contributed by atoms with Gasteiger partial charge in [0.1, 0.15) is 11.6 Å². The standard InChI is InChI=1S/C17H15N3O5S/c1-26(23,24)25-17-15(10-18)14(9-16(19-17)12-3-2-4-12)11-5-7-13(8-6-11)20(21)22/h5-9,12H,2-4H2,1H3. The van der Waals surface area contributed by atoms with E-state index < -0.39 is 15.0 Å². The molecule has 0 saturated heterocycles. The van der Waals surface area contributed by atoms with Gasteiger partial charge in [-0.1, -0.05) is 6.42 Å². The predicted molar refractivity (Wildman–Crippen MR) is 93.1 cm³/mol. The van der Waals surface area contributed by atoms with Gasteiger partial charge in [0.25, 0.3) is 11.6 Å². The van der Waals surface area contributed by atoms with Crippen molar-refractivity contribution in [2.75, 3.05) is 6.26 Å². The van der Waals surface area contributed by atoms with Crippen LogP contribution in [-0.4, -0.2) is 24.6 Å². The summed E-state index contributed by atoms with van der Waals surface area (Å²) in [6.07, 6.45) is 3.80. The van der Waals surface area contributed by atoms with Gasteiger partial charge >= 0.3 is 10.1 Å². The summed E-state index contributed by atoms with van der Waals surface area (Å²) in [6.45, 7) is 0. The number of hydrogen-bond donors (Lipinski definition) is 0. The van der Waals surface area contributed by atoms with Gasteiger partial charge in [0.05, 0.1) is 11.2 Å². The highest BCUT2D eigenvalue weighted by Crippen LogP contribution is 2.40. The number of nitriles is 1. The molecule has 8 nitrogen and oxygen atoms in total. The van der Waals surface area contributed by atoms with E-state index in [4.69, 9.17) is 4.18 Å². The van der Waals surface area contributed by atoms with E-state index in [-0.39, 0.29) is 23.0 Å². The summed E-state index contributed by atoms with van der Waals surface area (Å²) in [4.78, 5) is 14.6. The molecule has 1 aromatic carbocycles. The predicted octanol–water partition coefficient (Wildman–Crippen LogP) is 3.13. The summed E-state index contributed by atoms with van der Waals surface area (Å²) in [7, 11) is -3.86. The summed E-state index contributed by atoms with van der Waals surface area (Å²) < 4.78 is 28.0. The van der Waals surface area contributed by atoms with Gasteiger partial charge in [0, 0.05) is 29.3 Å². The zero-order chi connectivity index (χ0) is 18.9.